The lowest BCUT2D eigenvalue weighted by molar-refractivity contribution is -0.122. The number of amides is 1. The molecule has 126 valence electrons. The number of hydrogen-bond acceptors (Lipinski definition) is 5. The number of aryl methyl sites for hydroxylation is 1. The van der Waals surface area contributed by atoms with E-state index in [1.54, 1.807) is 0 Å². The fraction of sp³-hybridized carbons (Fsp3) is 0.529. The van der Waals surface area contributed by atoms with E-state index in [2.05, 4.69) is 10.3 Å². The molecule has 0 saturated carbocycles. The Labute approximate surface area is 140 Å². The number of aliphatic hydroxyl groups is 1. The summed E-state index contributed by atoms with van der Waals surface area (Å²) >= 11 is 1.47. The van der Waals surface area contributed by atoms with Crippen molar-refractivity contribution < 1.29 is 14.3 Å². The number of furan rings is 1. The summed E-state index contributed by atoms with van der Waals surface area (Å²) < 4.78 is 5.55. The summed E-state index contributed by atoms with van der Waals surface area (Å²) in [5.41, 5.74) is 0.630. The molecule has 0 spiro atoms. The maximum absolute atomic E-state index is 12.2. The zero-order valence-corrected chi connectivity index (χ0v) is 14.9. The molecular formula is C17H24N2O3S. The summed E-state index contributed by atoms with van der Waals surface area (Å²) in [4.78, 5) is 16.7. The molecule has 0 radical (unpaired) electrons. The number of carbonyl (C=O) groups is 1. The van der Waals surface area contributed by atoms with E-state index in [0.717, 1.165) is 22.2 Å². The molecule has 0 fully saturated rings. The molecule has 2 rings (SSSR count). The summed E-state index contributed by atoms with van der Waals surface area (Å²) in [6.07, 6.45) is 0.775. The standard InChI is InChI=1S/C17H24N2O3S/c1-11-5-6-13(22-11)16-18-12(10-23-16)9-15(21)19-14(7-8-20)17(2,3)4/h5-6,10,14,20H,7-9H2,1-4H3,(H,19,21). The third kappa shape index (κ3) is 4.91. The zero-order valence-electron chi connectivity index (χ0n) is 14.0. The van der Waals surface area contributed by atoms with E-state index in [1.165, 1.54) is 11.3 Å². The highest BCUT2D eigenvalue weighted by Gasteiger charge is 2.25. The molecule has 0 saturated heterocycles. The predicted octanol–water partition coefficient (Wildman–Crippen LogP) is 3.17. The number of aromatic nitrogens is 1. The SMILES string of the molecule is Cc1ccc(-c2nc(CC(=O)NC(CCO)C(C)(C)C)cs2)o1. The van der Waals surface area contributed by atoms with Gasteiger partial charge in [0.05, 0.1) is 12.1 Å². The van der Waals surface area contributed by atoms with Gasteiger partial charge in [-0.3, -0.25) is 4.79 Å². The minimum absolute atomic E-state index is 0.0565. The van der Waals surface area contributed by atoms with Gasteiger partial charge in [0.25, 0.3) is 0 Å². The van der Waals surface area contributed by atoms with Crippen LogP contribution in [0, 0.1) is 12.3 Å². The van der Waals surface area contributed by atoms with Gasteiger partial charge in [0.1, 0.15) is 5.76 Å². The van der Waals surface area contributed by atoms with E-state index in [9.17, 15) is 4.79 Å². The fourth-order valence-electron chi connectivity index (χ4n) is 2.31. The lowest BCUT2D eigenvalue weighted by atomic mass is 9.85. The first kappa shape index (κ1) is 17.7. The highest BCUT2D eigenvalue weighted by atomic mass is 32.1. The van der Waals surface area contributed by atoms with E-state index in [-0.39, 0.29) is 30.4 Å². The van der Waals surface area contributed by atoms with E-state index in [1.807, 2.05) is 45.2 Å². The third-order valence-electron chi connectivity index (χ3n) is 3.64. The van der Waals surface area contributed by atoms with Gasteiger partial charge in [0, 0.05) is 18.0 Å². The van der Waals surface area contributed by atoms with Crippen LogP contribution in [0.2, 0.25) is 0 Å². The number of aliphatic hydroxyl groups excluding tert-OH is 1. The largest absolute Gasteiger partial charge is 0.459 e. The van der Waals surface area contributed by atoms with Gasteiger partial charge < -0.3 is 14.8 Å². The molecule has 0 aliphatic carbocycles. The Morgan fingerprint density at radius 2 is 2.17 bits per heavy atom. The molecule has 5 nitrogen and oxygen atoms in total. The molecule has 0 aliphatic heterocycles. The smallest absolute Gasteiger partial charge is 0.226 e. The maximum Gasteiger partial charge on any atom is 0.226 e. The summed E-state index contributed by atoms with van der Waals surface area (Å²) in [5.74, 6) is 1.49. The summed E-state index contributed by atoms with van der Waals surface area (Å²) in [6, 6.07) is 3.71. The Morgan fingerprint density at radius 1 is 1.43 bits per heavy atom. The molecule has 1 atom stereocenters. The number of nitrogens with zero attached hydrogens (tertiary/aromatic N) is 1. The van der Waals surface area contributed by atoms with Crippen LogP contribution >= 0.6 is 11.3 Å². The van der Waals surface area contributed by atoms with E-state index < -0.39 is 0 Å². The highest BCUT2D eigenvalue weighted by molar-refractivity contribution is 7.13. The van der Waals surface area contributed by atoms with Gasteiger partial charge >= 0.3 is 0 Å². The highest BCUT2D eigenvalue weighted by Crippen LogP contribution is 2.26. The molecule has 0 aliphatic rings. The Balaban J connectivity index is 1.99. The second-order valence-electron chi connectivity index (χ2n) is 6.73. The van der Waals surface area contributed by atoms with Crippen molar-refractivity contribution in [3.8, 4) is 10.8 Å². The first-order chi connectivity index (χ1) is 10.8. The summed E-state index contributed by atoms with van der Waals surface area (Å²) in [7, 11) is 0. The van der Waals surface area contributed by atoms with Crippen LogP contribution < -0.4 is 5.32 Å². The average Bonchev–Trinajstić information content (AvgIpc) is 3.06. The van der Waals surface area contributed by atoms with Gasteiger partial charge in [0.15, 0.2) is 10.8 Å². The summed E-state index contributed by atoms with van der Waals surface area (Å²) in [6.45, 7) is 8.09. The second-order valence-corrected chi connectivity index (χ2v) is 7.59. The molecule has 1 amide bonds. The first-order valence-electron chi connectivity index (χ1n) is 7.71. The number of nitrogens with one attached hydrogen (secondary N) is 1. The molecule has 23 heavy (non-hydrogen) atoms. The third-order valence-corrected chi connectivity index (χ3v) is 4.55. The quantitative estimate of drug-likeness (QED) is 0.849. The predicted molar refractivity (Wildman–Crippen MR) is 91.3 cm³/mol. The molecule has 2 N–H and O–H groups in total. The Kier molecular flexibility index (Phi) is 5.59. The van der Waals surface area contributed by atoms with Gasteiger partial charge in [-0.1, -0.05) is 20.8 Å². The average molecular weight is 336 g/mol. The lowest BCUT2D eigenvalue weighted by Gasteiger charge is -2.31. The monoisotopic (exact) mass is 336 g/mol. The van der Waals surface area contributed by atoms with Crippen molar-refractivity contribution in [2.75, 3.05) is 6.61 Å². The Bertz CT molecular complexity index is 655. The minimum atomic E-state index is -0.0999. The van der Waals surface area contributed by atoms with E-state index >= 15 is 0 Å². The molecule has 2 aromatic heterocycles. The van der Waals surface area contributed by atoms with Crippen molar-refractivity contribution in [3.63, 3.8) is 0 Å². The fourth-order valence-corrected chi connectivity index (χ4v) is 3.09. The van der Waals surface area contributed by atoms with Crippen LogP contribution in [0.4, 0.5) is 0 Å². The lowest BCUT2D eigenvalue weighted by Crippen LogP contribution is -2.44. The van der Waals surface area contributed by atoms with Crippen molar-refractivity contribution in [1.29, 1.82) is 0 Å². The molecular weight excluding hydrogens is 312 g/mol. The summed E-state index contributed by atoms with van der Waals surface area (Å²) in [5, 5.41) is 14.8. The molecule has 0 bridgehead atoms. The molecule has 2 heterocycles. The van der Waals surface area contributed by atoms with E-state index in [0.29, 0.717) is 6.42 Å². The normalized spacial score (nSPS) is 13.1. The van der Waals surface area contributed by atoms with Crippen molar-refractivity contribution in [2.45, 2.75) is 46.6 Å². The van der Waals surface area contributed by atoms with Crippen LogP contribution in [-0.4, -0.2) is 28.6 Å². The Hall–Kier alpha value is -1.66. The van der Waals surface area contributed by atoms with E-state index in [4.69, 9.17) is 9.52 Å². The number of carbonyl (C=O) groups excluding carboxylic acids is 1. The molecule has 2 aromatic rings. The zero-order chi connectivity index (χ0) is 17.0. The van der Waals surface area contributed by atoms with Gasteiger partial charge in [0.2, 0.25) is 5.91 Å². The number of rotatable bonds is 6. The van der Waals surface area contributed by atoms with Crippen molar-refractivity contribution in [1.82, 2.24) is 10.3 Å². The topological polar surface area (TPSA) is 75.4 Å². The van der Waals surface area contributed by atoms with Crippen LogP contribution in [-0.2, 0) is 11.2 Å². The van der Waals surface area contributed by atoms with Gasteiger partial charge in [-0.25, -0.2) is 4.98 Å². The van der Waals surface area contributed by atoms with Gasteiger partial charge in [-0.2, -0.15) is 0 Å². The van der Waals surface area contributed by atoms with Crippen LogP contribution in [0.5, 0.6) is 0 Å². The number of thiazole rings is 1. The van der Waals surface area contributed by atoms with Crippen LogP contribution in [0.1, 0.15) is 38.6 Å². The van der Waals surface area contributed by atoms with Crippen molar-refractivity contribution >= 4 is 17.2 Å². The Morgan fingerprint density at radius 3 is 2.74 bits per heavy atom. The molecule has 0 aromatic carbocycles. The van der Waals surface area contributed by atoms with Crippen LogP contribution in [0.3, 0.4) is 0 Å². The van der Waals surface area contributed by atoms with Crippen molar-refractivity contribution in [2.24, 2.45) is 5.41 Å². The molecule has 1 unspecified atom stereocenters. The molecule has 6 heteroatoms. The van der Waals surface area contributed by atoms with Crippen molar-refractivity contribution in [3.05, 3.63) is 29.0 Å². The second kappa shape index (κ2) is 7.27. The maximum atomic E-state index is 12.2. The number of hydrogen-bond donors (Lipinski definition) is 2. The minimum Gasteiger partial charge on any atom is -0.459 e. The van der Waals surface area contributed by atoms with Crippen LogP contribution in [0.15, 0.2) is 21.9 Å². The first-order valence-corrected chi connectivity index (χ1v) is 8.59. The van der Waals surface area contributed by atoms with Gasteiger partial charge in [-0.05, 0) is 30.9 Å². The van der Waals surface area contributed by atoms with Gasteiger partial charge in [-0.15, -0.1) is 11.3 Å². The van der Waals surface area contributed by atoms with Crippen LogP contribution in [0.25, 0.3) is 10.8 Å².